The molecule has 0 aliphatic carbocycles. The zero-order chi connectivity index (χ0) is 14.5. The minimum absolute atomic E-state index is 0.186. The van der Waals surface area contributed by atoms with Crippen LogP contribution in [0.25, 0.3) is 0 Å². The lowest BCUT2D eigenvalue weighted by atomic mass is 9.89. The molecule has 2 atom stereocenters. The first-order chi connectivity index (χ1) is 8.86. The molecule has 1 aliphatic heterocycles. The summed E-state index contributed by atoms with van der Waals surface area (Å²) in [5.41, 5.74) is -0.284. The second-order valence-corrected chi connectivity index (χ2v) is 7.07. The van der Waals surface area contributed by atoms with Gasteiger partial charge in [-0.05, 0) is 31.7 Å². The van der Waals surface area contributed by atoms with E-state index >= 15 is 0 Å². The van der Waals surface area contributed by atoms with Crippen molar-refractivity contribution in [1.29, 1.82) is 0 Å². The molecule has 112 valence electrons. The minimum Gasteiger partial charge on any atom is -0.352 e. The molecule has 1 amide bonds. The van der Waals surface area contributed by atoms with Crippen LogP contribution in [0.15, 0.2) is 0 Å². The van der Waals surface area contributed by atoms with Gasteiger partial charge >= 0.3 is 0 Å². The SMILES string of the molecule is CCCC1CC(NC(=O)C(C)(C)C)CN(CCC)C1. The van der Waals surface area contributed by atoms with E-state index in [4.69, 9.17) is 0 Å². The number of hydrogen-bond acceptors (Lipinski definition) is 2. The Balaban J connectivity index is 2.58. The summed E-state index contributed by atoms with van der Waals surface area (Å²) in [7, 11) is 0. The summed E-state index contributed by atoms with van der Waals surface area (Å²) >= 11 is 0. The topological polar surface area (TPSA) is 32.3 Å². The second-order valence-electron chi connectivity index (χ2n) is 7.07. The molecule has 0 spiro atoms. The summed E-state index contributed by atoms with van der Waals surface area (Å²) in [4.78, 5) is 14.7. The molecule has 2 unspecified atom stereocenters. The number of hydrogen-bond donors (Lipinski definition) is 1. The van der Waals surface area contributed by atoms with E-state index in [-0.39, 0.29) is 11.3 Å². The number of rotatable bonds is 5. The van der Waals surface area contributed by atoms with Crippen LogP contribution in [0.2, 0.25) is 0 Å². The van der Waals surface area contributed by atoms with Crippen LogP contribution in [0.5, 0.6) is 0 Å². The first-order valence-electron chi connectivity index (χ1n) is 7.90. The average molecular weight is 268 g/mol. The molecular weight excluding hydrogens is 236 g/mol. The van der Waals surface area contributed by atoms with Crippen molar-refractivity contribution < 1.29 is 4.79 Å². The van der Waals surface area contributed by atoms with Crippen molar-refractivity contribution in [1.82, 2.24) is 10.2 Å². The van der Waals surface area contributed by atoms with Gasteiger partial charge in [0.1, 0.15) is 0 Å². The van der Waals surface area contributed by atoms with E-state index in [0.717, 1.165) is 25.4 Å². The maximum Gasteiger partial charge on any atom is 0.225 e. The molecule has 3 heteroatoms. The predicted octanol–water partition coefficient (Wildman–Crippen LogP) is 3.05. The number of likely N-dealkylation sites (tertiary alicyclic amines) is 1. The van der Waals surface area contributed by atoms with E-state index < -0.39 is 0 Å². The van der Waals surface area contributed by atoms with Crippen molar-refractivity contribution in [3.63, 3.8) is 0 Å². The molecular formula is C16H32N2O. The van der Waals surface area contributed by atoms with Crippen LogP contribution in [0.3, 0.4) is 0 Å². The normalized spacial score (nSPS) is 25.3. The lowest BCUT2D eigenvalue weighted by molar-refractivity contribution is -0.129. The quantitative estimate of drug-likeness (QED) is 0.831. The Morgan fingerprint density at radius 3 is 2.42 bits per heavy atom. The number of amides is 1. The molecule has 19 heavy (non-hydrogen) atoms. The number of carbonyl (C=O) groups excluding carboxylic acids is 1. The van der Waals surface area contributed by atoms with Crippen molar-refractivity contribution >= 4 is 5.91 Å². The Morgan fingerprint density at radius 1 is 1.21 bits per heavy atom. The van der Waals surface area contributed by atoms with Crippen molar-refractivity contribution in [3.8, 4) is 0 Å². The van der Waals surface area contributed by atoms with Gasteiger partial charge in [-0.25, -0.2) is 0 Å². The summed E-state index contributed by atoms with van der Waals surface area (Å²) in [5, 5.41) is 3.25. The van der Waals surface area contributed by atoms with Crippen molar-refractivity contribution in [2.75, 3.05) is 19.6 Å². The smallest absolute Gasteiger partial charge is 0.225 e. The average Bonchev–Trinajstić information content (AvgIpc) is 2.28. The van der Waals surface area contributed by atoms with Crippen LogP contribution in [0.1, 0.15) is 60.3 Å². The molecule has 0 aromatic rings. The van der Waals surface area contributed by atoms with Crippen molar-refractivity contribution in [3.05, 3.63) is 0 Å². The van der Waals surface area contributed by atoms with Gasteiger partial charge in [-0.15, -0.1) is 0 Å². The molecule has 1 fully saturated rings. The highest BCUT2D eigenvalue weighted by atomic mass is 16.2. The van der Waals surface area contributed by atoms with Crippen LogP contribution in [0, 0.1) is 11.3 Å². The van der Waals surface area contributed by atoms with Crippen LogP contribution in [0.4, 0.5) is 0 Å². The molecule has 3 nitrogen and oxygen atoms in total. The fourth-order valence-corrected chi connectivity index (χ4v) is 2.93. The third-order valence-corrected chi connectivity index (χ3v) is 3.87. The molecule has 1 heterocycles. The molecule has 1 saturated heterocycles. The minimum atomic E-state index is -0.284. The van der Waals surface area contributed by atoms with Gasteiger partial charge in [0.2, 0.25) is 5.91 Å². The second kappa shape index (κ2) is 7.28. The summed E-state index contributed by atoms with van der Waals surface area (Å²) in [6.45, 7) is 13.8. The maximum atomic E-state index is 12.1. The predicted molar refractivity (Wildman–Crippen MR) is 81.1 cm³/mol. The third kappa shape index (κ3) is 5.52. The van der Waals surface area contributed by atoms with Gasteiger partial charge in [0.25, 0.3) is 0 Å². The lowest BCUT2D eigenvalue weighted by Crippen LogP contribution is -2.52. The molecule has 0 aromatic heterocycles. The van der Waals surface area contributed by atoms with Crippen LogP contribution < -0.4 is 5.32 Å². The van der Waals surface area contributed by atoms with Crippen LogP contribution in [-0.4, -0.2) is 36.5 Å². The van der Waals surface area contributed by atoms with Crippen molar-refractivity contribution in [2.45, 2.75) is 66.3 Å². The Labute approximate surface area is 119 Å². The lowest BCUT2D eigenvalue weighted by Gasteiger charge is -2.39. The van der Waals surface area contributed by atoms with E-state index in [1.165, 1.54) is 25.8 Å². The monoisotopic (exact) mass is 268 g/mol. The summed E-state index contributed by atoms with van der Waals surface area (Å²) in [6.07, 6.45) is 4.86. The first-order valence-corrected chi connectivity index (χ1v) is 7.90. The first kappa shape index (κ1) is 16.5. The number of carbonyl (C=O) groups is 1. The number of piperidine rings is 1. The Morgan fingerprint density at radius 2 is 1.89 bits per heavy atom. The summed E-state index contributed by atoms with van der Waals surface area (Å²) in [5.74, 6) is 0.932. The Bertz CT molecular complexity index is 269. The van der Waals surface area contributed by atoms with Gasteiger partial charge in [-0.1, -0.05) is 41.0 Å². The van der Waals surface area contributed by atoms with Crippen LogP contribution >= 0.6 is 0 Å². The molecule has 0 aromatic carbocycles. The molecule has 1 N–H and O–H groups in total. The third-order valence-electron chi connectivity index (χ3n) is 3.87. The van der Waals surface area contributed by atoms with E-state index in [0.29, 0.717) is 6.04 Å². The summed E-state index contributed by atoms with van der Waals surface area (Å²) < 4.78 is 0. The zero-order valence-electron chi connectivity index (χ0n) is 13.5. The van der Waals surface area contributed by atoms with Crippen molar-refractivity contribution in [2.24, 2.45) is 11.3 Å². The molecule has 0 saturated carbocycles. The van der Waals surface area contributed by atoms with Gasteiger partial charge in [-0.2, -0.15) is 0 Å². The van der Waals surface area contributed by atoms with Gasteiger partial charge in [0.05, 0.1) is 0 Å². The Kier molecular flexibility index (Phi) is 6.31. The van der Waals surface area contributed by atoms with Gasteiger partial charge in [0, 0.05) is 24.5 Å². The van der Waals surface area contributed by atoms with Gasteiger partial charge in [-0.3, -0.25) is 4.79 Å². The highest BCUT2D eigenvalue weighted by Gasteiger charge is 2.30. The van der Waals surface area contributed by atoms with Crippen LogP contribution in [-0.2, 0) is 4.79 Å². The molecule has 1 rings (SSSR count). The highest BCUT2D eigenvalue weighted by molar-refractivity contribution is 5.81. The van der Waals surface area contributed by atoms with E-state index in [2.05, 4.69) is 24.1 Å². The molecule has 0 radical (unpaired) electrons. The highest BCUT2D eigenvalue weighted by Crippen LogP contribution is 2.23. The molecule has 0 bridgehead atoms. The van der Waals surface area contributed by atoms with E-state index in [1.54, 1.807) is 0 Å². The number of nitrogens with zero attached hydrogens (tertiary/aromatic N) is 1. The van der Waals surface area contributed by atoms with E-state index in [9.17, 15) is 4.79 Å². The maximum absolute atomic E-state index is 12.1. The van der Waals surface area contributed by atoms with Gasteiger partial charge in [0.15, 0.2) is 0 Å². The summed E-state index contributed by atoms with van der Waals surface area (Å²) in [6, 6.07) is 0.337. The molecule has 1 aliphatic rings. The fourth-order valence-electron chi connectivity index (χ4n) is 2.93. The Hall–Kier alpha value is -0.570. The van der Waals surface area contributed by atoms with E-state index in [1.807, 2.05) is 20.8 Å². The number of nitrogens with one attached hydrogen (secondary N) is 1. The zero-order valence-corrected chi connectivity index (χ0v) is 13.5. The standard InChI is InChI=1S/C16H32N2O/c1-6-8-13-10-14(12-18(11-13)9-7-2)17-15(19)16(3,4)5/h13-14H,6-12H2,1-5H3,(H,17,19). The fraction of sp³-hybridized carbons (Fsp3) is 0.938. The van der Waals surface area contributed by atoms with Gasteiger partial charge < -0.3 is 10.2 Å². The largest absolute Gasteiger partial charge is 0.352 e.